The Morgan fingerprint density at radius 1 is 1.20 bits per heavy atom. The van der Waals surface area contributed by atoms with Crippen LogP contribution in [0.4, 0.5) is 0 Å². The highest BCUT2D eigenvalue weighted by atomic mass is 16.4. The second kappa shape index (κ2) is 7.51. The molecule has 1 aliphatic carbocycles. The fourth-order valence-corrected chi connectivity index (χ4v) is 3.26. The van der Waals surface area contributed by atoms with Gasteiger partial charge in [-0.15, -0.1) is 0 Å². The third-order valence-electron chi connectivity index (χ3n) is 4.65. The summed E-state index contributed by atoms with van der Waals surface area (Å²) in [6.07, 6.45) is 5.75. The third-order valence-corrected chi connectivity index (χ3v) is 4.65. The van der Waals surface area contributed by atoms with E-state index in [1.165, 1.54) is 0 Å². The molecule has 132 valence electrons. The van der Waals surface area contributed by atoms with E-state index in [9.17, 15) is 14.7 Å². The van der Waals surface area contributed by atoms with Crippen LogP contribution in [0.25, 0.3) is 11.3 Å². The molecule has 1 aromatic heterocycles. The molecule has 25 heavy (non-hydrogen) atoms. The molecule has 0 spiro atoms. The zero-order valence-corrected chi connectivity index (χ0v) is 14.0. The fourth-order valence-electron chi connectivity index (χ4n) is 3.26. The van der Waals surface area contributed by atoms with Crippen LogP contribution < -0.4 is 5.32 Å². The molecule has 2 aromatic rings. The van der Waals surface area contributed by atoms with Crippen molar-refractivity contribution in [2.75, 3.05) is 0 Å². The van der Waals surface area contributed by atoms with E-state index >= 15 is 0 Å². The predicted octanol–water partition coefficient (Wildman–Crippen LogP) is 3.18. The Morgan fingerprint density at radius 2 is 1.92 bits per heavy atom. The maximum absolute atomic E-state index is 12.1. The first-order chi connectivity index (χ1) is 12.1. The van der Waals surface area contributed by atoms with E-state index in [0.29, 0.717) is 37.3 Å². The summed E-state index contributed by atoms with van der Waals surface area (Å²) >= 11 is 0. The zero-order chi connectivity index (χ0) is 17.7. The average molecular weight is 342 g/mol. The number of hydrogen-bond acceptors (Lipinski definition) is 4. The van der Waals surface area contributed by atoms with Crippen LogP contribution in [0, 0.1) is 0 Å². The SMILES string of the molecule is O=C(CCCc1ncc(-c2ccccc2)o1)NC1(C(=O)O)CCCC1. The Hall–Kier alpha value is -2.63. The van der Waals surface area contributed by atoms with E-state index < -0.39 is 11.5 Å². The first-order valence-electron chi connectivity index (χ1n) is 8.64. The van der Waals surface area contributed by atoms with Crippen molar-refractivity contribution < 1.29 is 19.1 Å². The number of nitrogens with one attached hydrogen (secondary N) is 1. The summed E-state index contributed by atoms with van der Waals surface area (Å²) in [5.74, 6) is 0.133. The van der Waals surface area contributed by atoms with Crippen LogP contribution in [0.5, 0.6) is 0 Å². The summed E-state index contributed by atoms with van der Waals surface area (Å²) in [4.78, 5) is 27.8. The summed E-state index contributed by atoms with van der Waals surface area (Å²) in [5.41, 5.74) is -0.107. The van der Waals surface area contributed by atoms with E-state index in [2.05, 4.69) is 10.3 Å². The first kappa shape index (κ1) is 17.2. The van der Waals surface area contributed by atoms with Gasteiger partial charge in [-0.05, 0) is 19.3 Å². The minimum absolute atomic E-state index is 0.223. The Balaban J connectivity index is 1.49. The first-order valence-corrected chi connectivity index (χ1v) is 8.64. The van der Waals surface area contributed by atoms with E-state index in [4.69, 9.17) is 4.42 Å². The van der Waals surface area contributed by atoms with Gasteiger partial charge < -0.3 is 14.8 Å². The van der Waals surface area contributed by atoms with Gasteiger partial charge in [0, 0.05) is 18.4 Å². The van der Waals surface area contributed by atoms with E-state index in [1.807, 2.05) is 30.3 Å². The molecule has 1 aromatic carbocycles. The number of amides is 1. The summed E-state index contributed by atoms with van der Waals surface area (Å²) in [7, 11) is 0. The lowest BCUT2D eigenvalue weighted by Crippen LogP contribution is -2.52. The number of aliphatic carboxylic acids is 1. The Kier molecular flexibility index (Phi) is 5.16. The minimum Gasteiger partial charge on any atom is -0.480 e. The van der Waals surface area contributed by atoms with E-state index in [0.717, 1.165) is 18.4 Å². The Bertz CT molecular complexity index is 733. The summed E-state index contributed by atoms with van der Waals surface area (Å²) in [6.45, 7) is 0. The van der Waals surface area contributed by atoms with Crippen LogP contribution in [0.1, 0.15) is 44.4 Å². The number of oxazole rings is 1. The lowest BCUT2D eigenvalue weighted by Gasteiger charge is -2.25. The molecule has 0 aliphatic heterocycles. The molecule has 0 unspecified atom stereocenters. The van der Waals surface area contributed by atoms with Gasteiger partial charge in [-0.25, -0.2) is 9.78 Å². The number of rotatable bonds is 7. The molecule has 0 radical (unpaired) electrons. The lowest BCUT2D eigenvalue weighted by atomic mass is 9.97. The molecule has 1 fully saturated rings. The number of carboxylic acids is 1. The van der Waals surface area contributed by atoms with Crippen molar-refractivity contribution in [3.63, 3.8) is 0 Å². The molecule has 0 bridgehead atoms. The number of hydrogen-bond donors (Lipinski definition) is 2. The molecular formula is C19H22N2O4. The molecule has 2 N–H and O–H groups in total. The molecule has 0 saturated heterocycles. The number of nitrogens with zero attached hydrogens (tertiary/aromatic N) is 1. The van der Waals surface area contributed by atoms with E-state index in [1.54, 1.807) is 6.20 Å². The normalized spacial score (nSPS) is 15.8. The monoisotopic (exact) mass is 342 g/mol. The van der Waals surface area contributed by atoms with Crippen molar-refractivity contribution in [3.05, 3.63) is 42.4 Å². The van der Waals surface area contributed by atoms with Crippen LogP contribution in [-0.2, 0) is 16.0 Å². The topological polar surface area (TPSA) is 92.4 Å². The van der Waals surface area contributed by atoms with Gasteiger partial charge in [-0.3, -0.25) is 4.79 Å². The molecule has 1 heterocycles. The molecule has 1 aliphatic rings. The van der Waals surface area contributed by atoms with Gasteiger partial charge in [0.2, 0.25) is 5.91 Å². The van der Waals surface area contributed by atoms with Crippen molar-refractivity contribution in [3.8, 4) is 11.3 Å². The fraction of sp³-hybridized carbons (Fsp3) is 0.421. The minimum atomic E-state index is -1.07. The molecule has 0 atom stereocenters. The van der Waals surface area contributed by atoms with Gasteiger partial charge in [-0.1, -0.05) is 43.2 Å². The molecule has 6 nitrogen and oxygen atoms in total. The highest BCUT2D eigenvalue weighted by Crippen LogP contribution is 2.30. The van der Waals surface area contributed by atoms with Crippen LogP contribution in [0.15, 0.2) is 40.9 Å². The zero-order valence-electron chi connectivity index (χ0n) is 14.0. The summed E-state index contributed by atoms with van der Waals surface area (Å²) in [6, 6.07) is 9.70. The number of benzene rings is 1. The Morgan fingerprint density at radius 3 is 2.60 bits per heavy atom. The highest BCUT2D eigenvalue weighted by molar-refractivity contribution is 5.87. The molecule has 1 saturated carbocycles. The number of carbonyl (C=O) groups excluding carboxylic acids is 1. The van der Waals surface area contributed by atoms with Gasteiger partial charge in [-0.2, -0.15) is 0 Å². The second-order valence-electron chi connectivity index (χ2n) is 6.48. The maximum Gasteiger partial charge on any atom is 0.329 e. The van der Waals surface area contributed by atoms with Crippen molar-refractivity contribution in [1.29, 1.82) is 0 Å². The lowest BCUT2D eigenvalue weighted by molar-refractivity contribution is -0.147. The van der Waals surface area contributed by atoms with Crippen molar-refractivity contribution in [2.45, 2.75) is 50.5 Å². The van der Waals surface area contributed by atoms with Crippen LogP contribution in [-0.4, -0.2) is 27.5 Å². The quantitative estimate of drug-likeness (QED) is 0.806. The van der Waals surface area contributed by atoms with Crippen molar-refractivity contribution in [1.82, 2.24) is 10.3 Å². The number of carboxylic acid groups (broad SMARTS) is 1. The third kappa shape index (κ3) is 4.07. The van der Waals surface area contributed by atoms with Gasteiger partial charge in [0.25, 0.3) is 0 Å². The van der Waals surface area contributed by atoms with Crippen LogP contribution in [0.3, 0.4) is 0 Å². The number of aromatic nitrogens is 1. The summed E-state index contributed by atoms with van der Waals surface area (Å²) < 4.78 is 5.71. The van der Waals surface area contributed by atoms with Gasteiger partial charge in [0.15, 0.2) is 11.7 Å². The van der Waals surface area contributed by atoms with E-state index in [-0.39, 0.29) is 12.3 Å². The van der Waals surface area contributed by atoms with Crippen molar-refractivity contribution >= 4 is 11.9 Å². The largest absolute Gasteiger partial charge is 0.480 e. The van der Waals surface area contributed by atoms with Gasteiger partial charge >= 0.3 is 5.97 Å². The number of aryl methyl sites for hydroxylation is 1. The van der Waals surface area contributed by atoms with Gasteiger partial charge in [0.1, 0.15) is 5.54 Å². The molecule has 3 rings (SSSR count). The molecular weight excluding hydrogens is 320 g/mol. The van der Waals surface area contributed by atoms with Crippen LogP contribution >= 0.6 is 0 Å². The standard InChI is InChI=1S/C19H22N2O4/c22-16(21-19(18(23)24)11-4-5-12-19)9-6-10-17-20-13-15(25-17)14-7-2-1-3-8-14/h1-3,7-8,13H,4-6,9-12H2,(H,21,22)(H,23,24). The second-order valence-corrected chi connectivity index (χ2v) is 6.48. The Labute approximate surface area is 146 Å². The van der Waals surface area contributed by atoms with Gasteiger partial charge in [0.05, 0.1) is 6.20 Å². The van der Waals surface area contributed by atoms with Crippen molar-refractivity contribution in [2.24, 2.45) is 0 Å². The molecule has 6 heteroatoms. The summed E-state index contributed by atoms with van der Waals surface area (Å²) in [5, 5.41) is 12.1. The highest BCUT2D eigenvalue weighted by Gasteiger charge is 2.42. The smallest absolute Gasteiger partial charge is 0.329 e. The average Bonchev–Trinajstić information content (AvgIpc) is 3.26. The number of carbonyl (C=O) groups is 2. The molecule has 1 amide bonds. The van der Waals surface area contributed by atoms with Crippen LogP contribution in [0.2, 0.25) is 0 Å². The maximum atomic E-state index is 12.1. The predicted molar refractivity (Wildman–Crippen MR) is 91.9 cm³/mol.